The summed E-state index contributed by atoms with van der Waals surface area (Å²) in [7, 11) is 1.45. The van der Waals surface area contributed by atoms with Crippen LogP contribution in [0.25, 0.3) is 11.1 Å². The summed E-state index contributed by atoms with van der Waals surface area (Å²) >= 11 is 6.19. The van der Waals surface area contributed by atoms with Gasteiger partial charge in [0.2, 0.25) is 0 Å². The minimum Gasteiger partial charge on any atom is -0.495 e. The molecule has 8 heteroatoms. The van der Waals surface area contributed by atoms with Crippen molar-refractivity contribution >= 4 is 23.2 Å². The highest BCUT2D eigenvalue weighted by atomic mass is 35.5. The molecule has 0 aliphatic heterocycles. The first-order valence-electron chi connectivity index (χ1n) is 11.9. The number of hydrogen-bond donors (Lipinski definition) is 0. The molecule has 2 aromatic carbocycles. The molecule has 0 radical (unpaired) electrons. The van der Waals surface area contributed by atoms with Crippen LogP contribution in [0.5, 0.6) is 5.75 Å². The molecule has 3 aromatic rings. The molecule has 1 atom stereocenters. The van der Waals surface area contributed by atoms with E-state index >= 15 is 0 Å². The van der Waals surface area contributed by atoms with Crippen LogP contribution in [0.4, 0.5) is 4.39 Å². The summed E-state index contributed by atoms with van der Waals surface area (Å²) in [5, 5.41) is 0.401. The zero-order chi connectivity index (χ0) is 27.3. The Labute approximate surface area is 221 Å². The lowest BCUT2D eigenvalue weighted by atomic mass is 9.96. The van der Waals surface area contributed by atoms with E-state index < -0.39 is 23.0 Å². The lowest BCUT2D eigenvalue weighted by Crippen LogP contribution is -2.32. The van der Waals surface area contributed by atoms with Crippen molar-refractivity contribution in [1.29, 1.82) is 0 Å². The van der Waals surface area contributed by atoms with Gasteiger partial charge < -0.3 is 14.0 Å². The average Bonchev–Trinajstić information content (AvgIpc) is 2.82. The highest BCUT2D eigenvalue weighted by Gasteiger charge is 2.25. The van der Waals surface area contributed by atoms with Gasteiger partial charge in [0.15, 0.2) is 11.6 Å². The van der Waals surface area contributed by atoms with E-state index in [0.29, 0.717) is 33.0 Å². The van der Waals surface area contributed by atoms with Crippen LogP contribution in [-0.4, -0.2) is 35.5 Å². The van der Waals surface area contributed by atoms with E-state index in [1.807, 2.05) is 20.8 Å². The quantitative estimate of drug-likeness (QED) is 0.299. The number of pyridine rings is 1. The Morgan fingerprint density at radius 2 is 1.73 bits per heavy atom. The van der Waals surface area contributed by atoms with Crippen molar-refractivity contribution < 1.29 is 23.5 Å². The molecule has 1 aromatic heterocycles. The summed E-state index contributed by atoms with van der Waals surface area (Å²) in [6.07, 6.45) is 1.74. The number of carbonyl (C=O) groups excluding carboxylic acids is 2. The van der Waals surface area contributed by atoms with E-state index in [1.54, 1.807) is 30.3 Å². The number of carbonyl (C=O) groups is 2. The topological polar surface area (TPSA) is 74.6 Å². The molecular formula is C29H31ClFNO5. The van der Waals surface area contributed by atoms with E-state index in [4.69, 9.17) is 21.1 Å². The fraction of sp³-hybridized carbons (Fsp3) is 0.345. The van der Waals surface area contributed by atoms with Crippen LogP contribution >= 0.6 is 11.6 Å². The van der Waals surface area contributed by atoms with Gasteiger partial charge in [0.1, 0.15) is 11.6 Å². The van der Waals surface area contributed by atoms with Gasteiger partial charge >= 0.3 is 0 Å². The zero-order valence-corrected chi connectivity index (χ0v) is 22.4. The summed E-state index contributed by atoms with van der Waals surface area (Å²) in [6.45, 7) is 7.39. The van der Waals surface area contributed by atoms with Crippen LogP contribution in [0, 0.1) is 5.82 Å². The minimum absolute atomic E-state index is 0.0136. The van der Waals surface area contributed by atoms with Crippen molar-refractivity contribution in [3.05, 3.63) is 87.0 Å². The van der Waals surface area contributed by atoms with Crippen molar-refractivity contribution in [3.63, 3.8) is 0 Å². The first-order valence-corrected chi connectivity index (χ1v) is 12.3. The van der Waals surface area contributed by atoms with Crippen LogP contribution < -0.4 is 10.3 Å². The number of methoxy groups -OCH3 is 1. The van der Waals surface area contributed by atoms with Gasteiger partial charge in [-0.25, -0.2) is 4.39 Å². The number of aromatic nitrogens is 1. The second-order valence-corrected chi connectivity index (χ2v) is 10.2. The summed E-state index contributed by atoms with van der Waals surface area (Å²) in [6, 6.07) is 11.0. The van der Waals surface area contributed by atoms with Crippen LogP contribution in [0.1, 0.15) is 56.1 Å². The van der Waals surface area contributed by atoms with Crippen molar-refractivity contribution in [3.8, 4) is 16.9 Å². The molecule has 1 unspecified atom stereocenters. The van der Waals surface area contributed by atoms with E-state index in [-0.39, 0.29) is 31.0 Å². The second-order valence-electron chi connectivity index (χ2n) is 9.78. The first kappa shape index (κ1) is 28.3. The third kappa shape index (κ3) is 7.37. The molecule has 37 heavy (non-hydrogen) atoms. The van der Waals surface area contributed by atoms with Gasteiger partial charge in [-0.3, -0.25) is 14.4 Å². The van der Waals surface area contributed by atoms with Crippen molar-refractivity contribution in [2.75, 3.05) is 13.7 Å². The summed E-state index contributed by atoms with van der Waals surface area (Å²) in [5.74, 6) is -0.507. The molecule has 0 aliphatic rings. The molecule has 0 aliphatic carbocycles. The van der Waals surface area contributed by atoms with E-state index in [1.165, 1.54) is 43.0 Å². The zero-order valence-electron chi connectivity index (χ0n) is 21.6. The standard InChI is InChI=1S/C29H31ClFNO5/c1-18(33)22-11-8-20(30)15-23(22)24-16-28(35)32(17-27(24)36-5)25(12-13-37-29(2,3)4)26(34)14-19-6-9-21(31)10-7-19/h6-11,15-17,25H,12-14H2,1-5H3. The van der Waals surface area contributed by atoms with Crippen molar-refractivity contribution in [2.45, 2.75) is 52.2 Å². The fourth-order valence-corrected chi connectivity index (χ4v) is 4.22. The molecule has 0 spiro atoms. The van der Waals surface area contributed by atoms with Crippen molar-refractivity contribution in [1.82, 2.24) is 4.57 Å². The van der Waals surface area contributed by atoms with Gasteiger partial charge in [0, 0.05) is 35.2 Å². The van der Waals surface area contributed by atoms with Crippen LogP contribution in [0.3, 0.4) is 0 Å². The van der Waals surface area contributed by atoms with Crippen LogP contribution in [-0.2, 0) is 16.0 Å². The normalized spacial score (nSPS) is 12.3. The average molecular weight is 528 g/mol. The Hall–Kier alpha value is -3.29. The number of nitrogens with zero attached hydrogens (tertiary/aromatic N) is 1. The van der Waals surface area contributed by atoms with Gasteiger partial charge in [0.05, 0.1) is 24.9 Å². The molecule has 0 N–H and O–H groups in total. The predicted molar refractivity (Wildman–Crippen MR) is 142 cm³/mol. The van der Waals surface area contributed by atoms with Gasteiger partial charge in [-0.1, -0.05) is 23.7 Å². The lowest BCUT2D eigenvalue weighted by Gasteiger charge is -2.24. The number of Topliss-reactive ketones (excluding diaryl/α,β-unsaturated/α-hetero) is 2. The van der Waals surface area contributed by atoms with E-state index in [9.17, 15) is 18.8 Å². The highest BCUT2D eigenvalue weighted by molar-refractivity contribution is 6.31. The van der Waals surface area contributed by atoms with Gasteiger partial charge in [-0.05, 0) is 75.6 Å². The largest absolute Gasteiger partial charge is 0.495 e. The molecular weight excluding hydrogens is 497 g/mol. The SMILES string of the molecule is COc1cn(C(CCOC(C)(C)C)C(=O)Cc2ccc(F)cc2)c(=O)cc1-c1cc(Cl)ccc1C(C)=O. The number of halogens is 2. The Kier molecular flexibility index (Phi) is 9.05. The molecule has 3 rings (SSSR count). The maximum absolute atomic E-state index is 13.4. The van der Waals surface area contributed by atoms with Gasteiger partial charge in [0.25, 0.3) is 5.56 Å². The molecule has 0 fully saturated rings. The highest BCUT2D eigenvalue weighted by Crippen LogP contribution is 2.34. The Balaban J connectivity index is 2.07. The van der Waals surface area contributed by atoms with Crippen LogP contribution in [0.2, 0.25) is 5.02 Å². The first-order chi connectivity index (χ1) is 17.4. The summed E-state index contributed by atoms with van der Waals surface area (Å²) < 4.78 is 26.1. The Morgan fingerprint density at radius 1 is 1.05 bits per heavy atom. The molecule has 1 heterocycles. The third-order valence-corrected chi connectivity index (χ3v) is 6.08. The number of ether oxygens (including phenoxy) is 2. The number of benzene rings is 2. The summed E-state index contributed by atoms with van der Waals surface area (Å²) in [5.41, 5.74) is 1.02. The number of hydrogen-bond acceptors (Lipinski definition) is 5. The molecule has 0 bridgehead atoms. The van der Waals surface area contributed by atoms with Gasteiger partial charge in [-0.15, -0.1) is 0 Å². The Bertz CT molecular complexity index is 1340. The van der Waals surface area contributed by atoms with Crippen LogP contribution in [0.15, 0.2) is 59.5 Å². The molecule has 0 saturated carbocycles. The maximum Gasteiger partial charge on any atom is 0.252 e. The number of ketones is 2. The molecule has 6 nitrogen and oxygen atoms in total. The van der Waals surface area contributed by atoms with E-state index in [2.05, 4.69) is 0 Å². The predicted octanol–water partition coefficient (Wildman–Crippen LogP) is 6.08. The molecule has 196 valence electrons. The van der Waals surface area contributed by atoms with Crippen molar-refractivity contribution in [2.24, 2.45) is 0 Å². The van der Waals surface area contributed by atoms with Gasteiger partial charge in [-0.2, -0.15) is 0 Å². The maximum atomic E-state index is 13.4. The summed E-state index contributed by atoms with van der Waals surface area (Å²) in [4.78, 5) is 39.1. The Morgan fingerprint density at radius 3 is 2.32 bits per heavy atom. The third-order valence-electron chi connectivity index (χ3n) is 5.84. The second kappa shape index (κ2) is 11.8. The monoisotopic (exact) mass is 527 g/mol. The molecule has 0 saturated heterocycles. The number of rotatable bonds is 10. The minimum atomic E-state index is -0.852. The lowest BCUT2D eigenvalue weighted by molar-refractivity contribution is -0.122. The van der Waals surface area contributed by atoms with E-state index in [0.717, 1.165) is 0 Å². The molecule has 0 amide bonds. The smallest absolute Gasteiger partial charge is 0.252 e. The fourth-order valence-electron chi connectivity index (χ4n) is 4.04.